The number of benzene rings is 1. The number of methoxy groups -OCH3 is 1. The van der Waals surface area contributed by atoms with Crippen molar-refractivity contribution in [3.63, 3.8) is 0 Å². The van der Waals surface area contributed by atoms with Crippen molar-refractivity contribution in [1.82, 2.24) is 9.88 Å². The summed E-state index contributed by atoms with van der Waals surface area (Å²) < 4.78 is 5.45. The Bertz CT molecular complexity index is 1130. The van der Waals surface area contributed by atoms with E-state index < -0.39 is 0 Å². The molecule has 30 heavy (non-hydrogen) atoms. The van der Waals surface area contributed by atoms with E-state index in [1.165, 1.54) is 11.6 Å². The van der Waals surface area contributed by atoms with Gasteiger partial charge in [0.05, 0.1) is 30.4 Å². The molecule has 0 bridgehead atoms. The van der Waals surface area contributed by atoms with Gasteiger partial charge < -0.3 is 15.0 Å². The third kappa shape index (κ3) is 3.67. The first-order chi connectivity index (χ1) is 14.7. The molecule has 0 saturated heterocycles. The van der Waals surface area contributed by atoms with Crippen molar-refractivity contribution in [1.29, 1.82) is 5.26 Å². The molecule has 0 fully saturated rings. The van der Waals surface area contributed by atoms with Gasteiger partial charge in [-0.25, -0.2) is 4.98 Å². The van der Waals surface area contributed by atoms with Crippen molar-refractivity contribution in [2.24, 2.45) is 0 Å². The van der Waals surface area contributed by atoms with Crippen LogP contribution in [0.1, 0.15) is 27.6 Å². The van der Waals surface area contributed by atoms with E-state index in [9.17, 15) is 10.1 Å². The lowest BCUT2D eigenvalue weighted by molar-refractivity contribution is -0.126. The lowest BCUT2D eigenvalue weighted by Gasteiger charge is -2.26. The number of carbonyl (C=O) groups excluding carboxylic acids is 1. The second-order valence-corrected chi connectivity index (χ2v) is 8.20. The minimum Gasteiger partial charge on any atom is -0.382 e. The van der Waals surface area contributed by atoms with Gasteiger partial charge in [-0.1, -0.05) is 36.9 Å². The fourth-order valence-corrected chi connectivity index (χ4v) is 5.07. The monoisotopic (exact) mass is 418 g/mol. The normalized spacial score (nSPS) is 14.1. The van der Waals surface area contributed by atoms with Gasteiger partial charge in [0.1, 0.15) is 10.9 Å². The van der Waals surface area contributed by atoms with Gasteiger partial charge in [-0.2, -0.15) is 5.26 Å². The summed E-state index contributed by atoms with van der Waals surface area (Å²) in [5.41, 5.74) is 3.54. The maximum atomic E-state index is 12.1. The number of aromatic nitrogens is 1. The van der Waals surface area contributed by atoms with E-state index in [1.54, 1.807) is 29.5 Å². The highest BCUT2D eigenvalue weighted by atomic mass is 32.1. The Labute approximate surface area is 179 Å². The van der Waals surface area contributed by atoms with E-state index in [1.807, 2.05) is 30.3 Å². The van der Waals surface area contributed by atoms with Crippen LogP contribution in [-0.2, 0) is 22.5 Å². The van der Waals surface area contributed by atoms with E-state index in [-0.39, 0.29) is 11.9 Å². The van der Waals surface area contributed by atoms with E-state index >= 15 is 0 Å². The highest BCUT2D eigenvalue weighted by Gasteiger charge is 2.27. The van der Waals surface area contributed by atoms with Crippen LogP contribution in [0.2, 0.25) is 0 Å². The number of hydrogen-bond acceptors (Lipinski definition) is 6. The number of thiophene rings is 1. The summed E-state index contributed by atoms with van der Waals surface area (Å²) in [4.78, 5) is 20.4. The zero-order valence-electron chi connectivity index (χ0n) is 16.7. The molecule has 1 aliphatic rings. The first-order valence-electron chi connectivity index (χ1n) is 9.71. The van der Waals surface area contributed by atoms with Crippen LogP contribution < -0.4 is 5.32 Å². The molecule has 0 spiro atoms. The Hall–Kier alpha value is -3.21. The average Bonchev–Trinajstić information content (AvgIpc) is 3.17. The van der Waals surface area contributed by atoms with Crippen LogP contribution in [0.4, 0.5) is 5.69 Å². The number of fused-ring (bicyclic) bond motifs is 3. The molecule has 3 heterocycles. The molecular weight excluding hydrogens is 396 g/mol. The zero-order valence-corrected chi connectivity index (χ0v) is 17.5. The predicted octanol–water partition coefficient (Wildman–Crippen LogP) is 4.04. The number of ether oxygens (including phenoxy) is 1. The molecule has 1 amide bonds. The number of nitrogens with zero attached hydrogens (tertiary/aromatic N) is 3. The van der Waals surface area contributed by atoms with Gasteiger partial charge in [-0.15, -0.1) is 11.3 Å². The summed E-state index contributed by atoms with van der Waals surface area (Å²) in [5, 5.41) is 14.3. The van der Waals surface area contributed by atoms with Crippen LogP contribution in [0, 0.1) is 11.3 Å². The predicted molar refractivity (Wildman–Crippen MR) is 118 cm³/mol. The summed E-state index contributed by atoms with van der Waals surface area (Å²) in [5.74, 6) is -0.0636. The summed E-state index contributed by atoms with van der Waals surface area (Å²) in [6.45, 7) is 5.23. The van der Waals surface area contributed by atoms with Crippen molar-refractivity contribution in [3.8, 4) is 6.07 Å². The Morgan fingerprint density at radius 1 is 1.47 bits per heavy atom. The van der Waals surface area contributed by atoms with Crippen LogP contribution in [0.25, 0.3) is 10.2 Å². The molecule has 3 aromatic rings. The van der Waals surface area contributed by atoms with Gasteiger partial charge in [0.25, 0.3) is 0 Å². The lowest BCUT2D eigenvalue weighted by atomic mass is 10.0. The molecule has 7 heteroatoms. The number of nitriles is 1. The van der Waals surface area contributed by atoms with E-state index in [0.717, 1.165) is 32.8 Å². The maximum Gasteiger partial charge on any atom is 0.246 e. The number of hydrogen-bond donors (Lipinski definition) is 1. The van der Waals surface area contributed by atoms with Crippen molar-refractivity contribution in [2.75, 3.05) is 25.6 Å². The molecule has 2 aromatic heterocycles. The van der Waals surface area contributed by atoms with Gasteiger partial charge in [-0.05, 0) is 23.6 Å². The van der Waals surface area contributed by atoms with Crippen molar-refractivity contribution >= 4 is 33.1 Å². The number of nitrogens with one attached hydrogen (secondary N) is 1. The third-order valence-electron chi connectivity index (χ3n) is 5.33. The fraction of sp³-hybridized carbons (Fsp3) is 0.261. The molecule has 0 unspecified atom stereocenters. The Balaban J connectivity index is 1.79. The number of pyridine rings is 1. The zero-order chi connectivity index (χ0) is 21.1. The van der Waals surface area contributed by atoms with Gasteiger partial charge in [0.2, 0.25) is 5.91 Å². The molecule has 1 N–H and O–H groups in total. The first kappa shape index (κ1) is 20.1. The number of carbonyl (C=O) groups is 1. The molecule has 1 atom stereocenters. The Morgan fingerprint density at radius 3 is 2.97 bits per heavy atom. The third-order valence-corrected chi connectivity index (χ3v) is 6.45. The number of amides is 1. The summed E-state index contributed by atoms with van der Waals surface area (Å²) in [6.07, 6.45) is 3.70. The minimum absolute atomic E-state index is 0.0636. The van der Waals surface area contributed by atoms with E-state index in [0.29, 0.717) is 25.3 Å². The van der Waals surface area contributed by atoms with Crippen LogP contribution in [-0.4, -0.2) is 36.1 Å². The second-order valence-electron chi connectivity index (χ2n) is 7.12. The fourth-order valence-electron chi connectivity index (χ4n) is 3.86. The Kier molecular flexibility index (Phi) is 5.79. The lowest BCUT2D eigenvalue weighted by Crippen LogP contribution is -2.34. The van der Waals surface area contributed by atoms with Gasteiger partial charge in [0.15, 0.2) is 0 Å². The van der Waals surface area contributed by atoms with Crippen LogP contribution >= 0.6 is 11.3 Å². The van der Waals surface area contributed by atoms with Gasteiger partial charge in [-0.3, -0.25) is 4.79 Å². The van der Waals surface area contributed by atoms with Crippen molar-refractivity contribution < 1.29 is 9.53 Å². The van der Waals surface area contributed by atoms with E-state index in [2.05, 4.69) is 22.9 Å². The highest BCUT2D eigenvalue weighted by Crippen LogP contribution is 2.40. The molecule has 6 nitrogen and oxygen atoms in total. The summed E-state index contributed by atoms with van der Waals surface area (Å²) in [7, 11) is 1.67. The quantitative estimate of drug-likeness (QED) is 0.612. The summed E-state index contributed by atoms with van der Waals surface area (Å²) in [6, 6.07) is 12.2. The highest BCUT2D eigenvalue weighted by molar-refractivity contribution is 7.19. The molecule has 4 rings (SSSR count). The molecule has 1 aromatic carbocycles. The SMILES string of the molecule is C=CC(=O)N1CCc2c(sc3ncc(C#N)c(N[C@H](COC)c4ccccc4)c23)C1. The van der Waals surface area contributed by atoms with E-state index in [4.69, 9.17) is 4.74 Å². The van der Waals surface area contributed by atoms with Gasteiger partial charge >= 0.3 is 0 Å². The largest absolute Gasteiger partial charge is 0.382 e. The van der Waals surface area contributed by atoms with Crippen LogP contribution in [0.5, 0.6) is 0 Å². The number of anilines is 1. The summed E-state index contributed by atoms with van der Waals surface area (Å²) >= 11 is 1.58. The maximum absolute atomic E-state index is 12.1. The van der Waals surface area contributed by atoms with Crippen LogP contribution in [0.3, 0.4) is 0 Å². The average molecular weight is 419 g/mol. The topological polar surface area (TPSA) is 78.2 Å². The van der Waals surface area contributed by atoms with Gasteiger partial charge in [0, 0.05) is 30.1 Å². The minimum atomic E-state index is -0.105. The molecule has 1 aliphatic heterocycles. The standard InChI is InChI=1S/C23H22N4O2S/c1-3-20(28)27-10-9-17-19(13-27)30-23-21(17)22(16(11-24)12-25-23)26-18(14-29-2)15-7-5-4-6-8-15/h3-8,12,18H,1,9-10,13-14H2,2H3,(H,25,26)/t18-/m1/s1. The smallest absolute Gasteiger partial charge is 0.246 e. The number of rotatable bonds is 6. The Morgan fingerprint density at radius 2 is 2.27 bits per heavy atom. The van der Waals surface area contributed by atoms with Crippen molar-refractivity contribution in [2.45, 2.75) is 19.0 Å². The van der Waals surface area contributed by atoms with Crippen molar-refractivity contribution in [3.05, 3.63) is 70.8 Å². The molecular formula is C23H22N4O2S. The second kappa shape index (κ2) is 8.66. The molecule has 0 aliphatic carbocycles. The first-order valence-corrected chi connectivity index (χ1v) is 10.5. The molecule has 152 valence electrons. The molecule has 0 radical (unpaired) electrons. The molecule has 0 saturated carbocycles. The van der Waals surface area contributed by atoms with Crippen LogP contribution in [0.15, 0.2) is 49.2 Å².